The lowest BCUT2D eigenvalue weighted by atomic mass is 9.86. The zero-order valence-electron chi connectivity index (χ0n) is 14.3. The number of benzene rings is 1. The Kier molecular flexibility index (Phi) is 4.32. The van der Waals surface area contributed by atoms with Gasteiger partial charge < -0.3 is 9.26 Å². The summed E-state index contributed by atoms with van der Waals surface area (Å²) in [6.45, 7) is 1.99. The van der Waals surface area contributed by atoms with Gasteiger partial charge in [0.2, 0.25) is 0 Å². The van der Waals surface area contributed by atoms with Gasteiger partial charge in [0, 0.05) is 17.5 Å². The first-order valence-corrected chi connectivity index (χ1v) is 8.97. The number of halogens is 1. The smallest absolute Gasteiger partial charge is 0.306 e. The molecule has 4 rings (SSSR count). The molecular weight excluding hydrogens is 321 g/mol. The third-order valence-corrected chi connectivity index (χ3v) is 5.81. The highest BCUT2D eigenvalue weighted by Crippen LogP contribution is 2.49. The van der Waals surface area contributed by atoms with Crippen molar-refractivity contribution in [3.05, 3.63) is 41.3 Å². The van der Waals surface area contributed by atoms with Crippen molar-refractivity contribution in [2.75, 3.05) is 0 Å². The van der Waals surface area contributed by atoms with Gasteiger partial charge in [-0.05, 0) is 68.2 Å². The summed E-state index contributed by atoms with van der Waals surface area (Å²) in [6.07, 6.45) is 5.59. The van der Waals surface area contributed by atoms with E-state index in [-0.39, 0.29) is 18.4 Å². The zero-order valence-corrected chi connectivity index (χ0v) is 14.3. The molecule has 0 amide bonds. The van der Waals surface area contributed by atoms with Gasteiger partial charge in [-0.3, -0.25) is 4.79 Å². The Morgan fingerprint density at radius 3 is 2.76 bits per heavy atom. The van der Waals surface area contributed by atoms with E-state index in [1.807, 2.05) is 6.92 Å². The number of carbonyl (C=O) groups excluding carboxylic acids is 1. The van der Waals surface area contributed by atoms with E-state index in [0.29, 0.717) is 23.8 Å². The number of aromatic nitrogens is 1. The van der Waals surface area contributed by atoms with Gasteiger partial charge in [-0.2, -0.15) is 0 Å². The Morgan fingerprint density at radius 1 is 1.28 bits per heavy atom. The number of ether oxygens (including phenoxy) is 1. The molecule has 2 aliphatic carbocycles. The molecule has 0 saturated heterocycles. The molecular formula is C20H22FNO3. The fraction of sp³-hybridized carbons (Fsp3) is 0.500. The predicted octanol–water partition coefficient (Wildman–Crippen LogP) is 4.66. The highest BCUT2D eigenvalue weighted by atomic mass is 19.1. The summed E-state index contributed by atoms with van der Waals surface area (Å²) in [5.74, 6) is 2.19. The third kappa shape index (κ3) is 3.32. The summed E-state index contributed by atoms with van der Waals surface area (Å²) in [5.41, 5.74) is 2.19. The molecule has 0 spiro atoms. The minimum atomic E-state index is -0.296. The lowest BCUT2D eigenvalue weighted by Gasteiger charge is -2.20. The lowest BCUT2D eigenvalue weighted by Crippen LogP contribution is -2.17. The normalized spacial score (nSPS) is 24.6. The first kappa shape index (κ1) is 16.3. The second kappa shape index (κ2) is 6.62. The SMILES string of the molecule is Cc1c(COC(=O)C[C@@H]2C[C@@H]3CC[C@@H]2C3)noc1-c1ccc(F)cc1. The minimum Gasteiger partial charge on any atom is -0.459 e. The van der Waals surface area contributed by atoms with Gasteiger partial charge >= 0.3 is 5.97 Å². The van der Waals surface area contributed by atoms with Crippen LogP contribution >= 0.6 is 0 Å². The van der Waals surface area contributed by atoms with E-state index in [1.54, 1.807) is 12.1 Å². The van der Waals surface area contributed by atoms with Crippen molar-refractivity contribution >= 4 is 5.97 Å². The van der Waals surface area contributed by atoms with Crippen LogP contribution in [0.5, 0.6) is 0 Å². The second-order valence-corrected chi connectivity index (χ2v) is 7.39. The Hall–Kier alpha value is -2.17. The summed E-state index contributed by atoms with van der Waals surface area (Å²) < 4.78 is 23.8. The van der Waals surface area contributed by atoms with Crippen molar-refractivity contribution in [2.45, 2.75) is 45.6 Å². The Balaban J connectivity index is 1.35. The number of rotatable bonds is 5. The molecule has 0 unspecified atom stereocenters. The van der Waals surface area contributed by atoms with Gasteiger partial charge in [0.15, 0.2) is 5.76 Å². The maximum atomic E-state index is 13.0. The average molecular weight is 343 g/mol. The molecule has 1 aromatic carbocycles. The van der Waals surface area contributed by atoms with Crippen molar-refractivity contribution in [1.82, 2.24) is 5.16 Å². The Bertz CT molecular complexity index is 768. The van der Waals surface area contributed by atoms with Gasteiger partial charge in [-0.15, -0.1) is 0 Å². The number of fused-ring (bicyclic) bond motifs is 2. The van der Waals surface area contributed by atoms with Crippen molar-refractivity contribution < 1.29 is 18.4 Å². The highest BCUT2D eigenvalue weighted by molar-refractivity contribution is 5.70. The molecule has 132 valence electrons. The summed E-state index contributed by atoms with van der Waals surface area (Å²) in [4.78, 5) is 12.2. The molecule has 3 atom stereocenters. The molecule has 0 radical (unpaired) electrons. The molecule has 1 heterocycles. The fourth-order valence-corrected chi connectivity index (χ4v) is 4.42. The van der Waals surface area contributed by atoms with Gasteiger partial charge in [0.05, 0.1) is 0 Å². The number of esters is 1. The van der Waals surface area contributed by atoms with Crippen LogP contribution in [0.4, 0.5) is 4.39 Å². The van der Waals surface area contributed by atoms with E-state index in [2.05, 4.69) is 5.16 Å². The molecule has 2 saturated carbocycles. The number of hydrogen-bond acceptors (Lipinski definition) is 4. The summed E-state index contributed by atoms with van der Waals surface area (Å²) in [7, 11) is 0. The van der Waals surface area contributed by atoms with E-state index >= 15 is 0 Å². The average Bonchev–Trinajstić information content (AvgIpc) is 3.30. The maximum absolute atomic E-state index is 13.0. The van der Waals surface area contributed by atoms with Crippen LogP contribution in [-0.4, -0.2) is 11.1 Å². The molecule has 2 aromatic rings. The summed E-state index contributed by atoms with van der Waals surface area (Å²) in [5, 5.41) is 4.01. The zero-order chi connectivity index (χ0) is 17.4. The third-order valence-electron chi connectivity index (χ3n) is 5.81. The van der Waals surface area contributed by atoms with E-state index in [0.717, 1.165) is 23.0 Å². The quantitative estimate of drug-likeness (QED) is 0.741. The van der Waals surface area contributed by atoms with E-state index in [1.165, 1.54) is 37.8 Å². The largest absolute Gasteiger partial charge is 0.459 e. The van der Waals surface area contributed by atoms with Crippen LogP contribution in [-0.2, 0) is 16.1 Å². The molecule has 5 heteroatoms. The van der Waals surface area contributed by atoms with Crippen molar-refractivity contribution in [3.8, 4) is 11.3 Å². The van der Waals surface area contributed by atoms with Crippen molar-refractivity contribution in [2.24, 2.45) is 17.8 Å². The molecule has 2 bridgehead atoms. The Labute approximate surface area is 146 Å². The topological polar surface area (TPSA) is 52.3 Å². The predicted molar refractivity (Wildman–Crippen MR) is 90.0 cm³/mol. The van der Waals surface area contributed by atoms with E-state index < -0.39 is 0 Å². The first-order chi connectivity index (χ1) is 12.1. The van der Waals surface area contributed by atoms with Gasteiger partial charge in [0.25, 0.3) is 0 Å². The molecule has 4 nitrogen and oxygen atoms in total. The number of nitrogens with zero attached hydrogens (tertiary/aromatic N) is 1. The second-order valence-electron chi connectivity index (χ2n) is 7.39. The van der Waals surface area contributed by atoms with Crippen LogP contribution in [0.25, 0.3) is 11.3 Å². The summed E-state index contributed by atoms with van der Waals surface area (Å²) >= 11 is 0. The fourth-order valence-electron chi connectivity index (χ4n) is 4.42. The maximum Gasteiger partial charge on any atom is 0.306 e. The van der Waals surface area contributed by atoms with Crippen LogP contribution in [0.3, 0.4) is 0 Å². The van der Waals surface area contributed by atoms with Gasteiger partial charge in [-0.1, -0.05) is 11.6 Å². The minimum absolute atomic E-state index is 0.121. The highest BCUT2D eigenvalue weighted by Gasteiger charge is 2.40. The summed E-state index contributed by atoms with van der Waals surface area (Å²) in [6, 6.07) is 6.06. The lowest BCUT2D eigenvalue weighted by molar-refractivity contribution is -0.146. The van der Waals surface area contributed by atoms with Crippen LogP contribution < -0.4 is 0 Å². The standard InChI is InChI=1S/C20H22FNO3/c1-12-18(22-25-20(12)14-4-6-17(21)7-5-14)11-24-19(23)10-16-9-13-2-3-15(16)8-13/h4-7,13,15-16H,2-3,8-11H2,1H3/t13-,15-,16+/m1/s1. The molecule has 0 aliphatic heterocycles. The molecule has 1 aromatic heterocycles. The van der Waals surface area contributed by atoms with E-state index in [9.17, 15) is 9.18 Å². The molecule has 2 aliphatic rings. The molecule has 0 N–H and O–H groups in total. The van der Waals surface area contributed by atoms with Gasteiger partial charge in [-0.25, -0.2) is 4.39 Å². The first-order valence-electron chi connectivity index (χ1n) is 8.97. The van der Waals surface area contributed by atoms with Gasteiger partial charge in [0.1, 0.15) is 18.1 Å². The van der Waals surface area contributed by atoms with Crippen molar-refractivity contribution in [3.63, 3.8) is 0 Å². The van der Waals surface area contributed by atoms with Crippen LogP contribution in [0.1, 0.15) is 43.4 Å². The van der Waals surface area contributed by atoms with Crippen LogP contribution in [0, 0.1) is 30.5 Å². The van der Waals surface area contributed by atoms with Crippen molar-refractivity contribution in [1.29, 1.82) is 0 Å². The van der Waals surface area contributed by atoms with E-state index in [4.69, 9.17) is 9.26 Å². The number of hydrogen-bond donors (Lipinski definition) is 0. The molecule has 2 fully saturated rings. The van der Waals surface area contributed by atoms with Crippen LogP contribution in [0.2, 0.25) is 0 Å². The van der Waals surface area contributed by atoms with Crippen LogP contribution in [0.15, 0.2) is 28.8 Å². The molecule has 25 heavy (non-hydrogen) atoms. The number of carbonyl (C=O) groups is 1. The monoisotopic (exact) mass is 343 g/mol. The Morgan fingerprint density at radius 2 is 2.08 bits per heavy atom.